The number of allylic oxidation sites excluding steroid dienone is 1. The fourth-order valence-electron chi connectivity index (χ4n) is 5.56. The zero-order chi connectivity index (χ0) is 26.3. The fourth-order valence-corrected chi connectivity index (χ4v) is 5.90. The summed E-state index contributed by atoms with van der Waals surface area (Å²) < 4.78 is 33.0. The summed E-state index contributed by atoms with van der Waals surface area (Å²) in [6, 6.07) is 9.31. The molecular weight excluding hydrogens is 535 g/mol. The molecule has 8 nitrogen and oxygen atoms in total. The minimum atomic E-state index is -0.757. The summed E-state index contributed by atoms with van der Waals surface area (Å²) >= 11 is 12.4. The average Bonchev–Trinajstić information content (AvgIpc) is 3.20. The molecule has 1 saturated carbocycles. The lowest BCUT2D eigenvalue weighted by atomic mass is 9.96. The van der Waals surface area contributed by atoms with E-state index in [9.17, 15) is 9.18 Å². The Hall–Kier alpha value is -3.76. The predicted octanol–water partition coefficient (Wildman–Crippen LogP) is 5.48. The van der Waals surface area contributed by atoms with Gasteiger partial charge in [0.25, 0.3) is 5.56 Å². The van der Waals surface area contributed by atoms with Crippen LogP contribution in [-0.2, 0) is 0 Å². The van der Waals surface area contributed by atoms with Crippen molar-refractivity contribution in [3.63, 3.8) is 0 Å². The molecule has 0 bridgehead atoms. The van der Waals surface area contributed by atoms with Gasteiger partial charge in [0.15, 0.2) is 0 Å². The van der Waals surface area contributed by atoms with Crippen molar-refractivity contribution in [1.29, 1.82) is 0 Å². The lowest BCUT2D eigenvalue weighted by molar-refractivity contribution is 0.572. The third kappa shape index (κ3) is 3.47. The van der Waals surface area contributed by atoms with E-state index in [1.807, 2.05) is 0 Å². The Kier molecular flexibility index (Phi) is 5.15. The largest absolute Gasteiger partial charge is 0.287 e. The molecule has 3 aliphatic rings. The molecule has 0 N–H and O–H groups in total. The number of aromatic nitrogens is 6. The van der Waals surface area contributed by atoms with E-state index in [2.05, 4.69) is 20.5 Å². The van der Waals surface area contributed by atoms with Crippen LogP contribution in [0.1, 0.15) is 41.8 Å². The third-order valence-corrected chi connectivity index (χ3v) is 8.15. The van der Waals surface area contributed by atoms with Crippen molar-refractivity contribution in [3.05, 3.63) is 91.8 Å². The minimum Gasteiger partial charge on any atom is -0.287 e. The number of hydrogen-bond donors (Lipinski definition) is 0. The first-order valence-corrected chi connectivity index (χ1v) is 12.6. The second-order valence-corrected chi connectivity index (χ2v) is 10.5. The van der Waals surface area contributed by atoms with Crippen molar-refractivity contribution < 1.29 is 8.78 Å². The maximum absolute atomic E-state index is 15.1. The van der Waals surface area contributed by atoms with Gasteiger partial charge in [0.2, 0.25) is 5.95 Å². The standard InChI is InChI=1S/C26H17Cl2F2N7O/c1-11-2-4-13(23(29)22(11)28)15-8-19(32-25(15)30)24-14-7-16(14)26-33-18(9-21(38)37(24)26)17-6-12(27)3-5-20(17)36-10-31-34-35-36/h2-6,9-10,14,16,24H,7-8H2,1H3. The molecule has 38 heavy (non-hydrogen) atoms. The van der Waals surface area contributed by atoms with Crippen molar-refractivity contribution in [2.24, 2.45) is 10.9 Å². The van der Waals surface area contributed by atoms with Crippen molar-refractivity contribution in [3.8, 4) is 16.9 Å². The van der Waals surface area contributed by atoms with E-state index in [1.165, 1.54) is 23.1 Å². The minimum absolute atomic E-state index is 0.0419. The van der Waals surface area contributed by atoms with Crippen LogP contribution in [0.3, 0.4) is 0 Å². The summed E-state index contributed by atoms with van der Waals surface area (Å²) in [6.07, 6.45) is 2.33. The Morgan fingerprint density at radius 3 is 2.71 bits per heavy atom. The van der Waals surface area contributed by atoms with E-state index in [-0.39, 0.29) is 40.0 Å². The summed E-state index contributed by atoms with van der Waals surface area (Å²) in [6.45, 7) is 1.68. The van der Waals surface area contributed by atoms with Crippen LogP contribution in [0.25, 0.3) is 22.5 Å². The van der Waals surface area contributed by atoms with Crippen molar-refractivity contribution >= 4 is 34.5 Å². The van der Waals surface area contributed by atoms with Gasteiger partial charge >= 0.3 is 0 Å². The van der Waals surface area contributed by atoms with E-state index >= 15 is 4.39 Å². The van der Waals surface area contributed by atoms with Crippen LogP contribution in [0.5, 0.6) is 0 Å². The second-order valence-electron chi connectivity index (χ2n) is 9.68. The van der Waals surface area contributed by atoms with Gasteiger partial charge in [0, 0.05) is 45.8 Å². The zero-order valence-electron chi connectivity index (χ0n) is 19.7. The molecule has 0 saturated heterocycles. The summed E-state index contributed by atoms with van der Waals surface area (Å²) in [7, 11) is 0. The quantitative estimate of drug-likeness (QED) is 0.313. The maximum Gasteiger partial charge on any atom is 0.254 e. The van der Waals surface area contributed by atoms with Gasteiger partial charge in [-0.05, 0) is 53.5 Å². The molecular formula is C26H17Cl2F2N7O. The summed E-state index contributed by atoms with van der Waals surface area (Å²) in [5.41, 5.74) is 2.63. The average molecular weight is 552 g/mol. The molecule has 190 valence electrons. The van der Waals surface area contributed by atoms with Crippen molar-refractivity contribution in [2.75, 3.05) is 0 Å². The van der Waals surface area contributed by atoms with Gasteiger partial charge in [0.1, 0.15) is 18.0 Å². The zero-order valence-corrected chi connectivity index (χ0v) is 21.3. The van der Waals surface area contributed by atoms with Crippen molar-refractivity contribution in [1.82, 2.24) is 29.8 Å². The highest BCUT2D eigenvalue weighted by Crippen LogP contribution is 2.60. The number of aryl methyl sites for hydroxylation is 1. The van der Waals surface area contributed by atoms with E-state index in [0.717, 1.165) is 6.42 Å². The summed E-state index contributed by atoms with van der Waals surface area (Å²) in [5.74, 6) is -0.698. The van der Waals surface area contributed by atoms with Gasteiger partial charge in [-0.1, -0.05) is 35.3 Å². The van der Waals surface area contributed by atoms with E-state index in [0.29, 0.717) is 39.1 Å². The van der Waals surface area contributed by atoms with Crippen LogP contribution in [-0.4, -0.2) is 35.5 Å². The Labute approximate surface area is 224 Å². The Balaban J connectivity index is 1.27. The number of tetrazole rings is 1. The first kappa shape index (κ1) is 23.4. The molecule has 3 unspecified atom stereocenters. The molecule has 4 heterocycles. The molecule has 2 aromatic carbocycles. The lowest BCUT2D eigenvalue weighted by Gasteiger charge is -2.19. The molecule has 3 atom stereocenters. The number of halogens is 4. The van der Waals surface area contributed by atoms with Gasteiger partial charge in [-0.3, -0.25) is 9.36 Å². The molecule has 1 aliphatic carbocycles. The summed E-state index contributed by atoms with van der Waals surface area (Å²) in [5, 5.41) is 11.8. The third-order valence-electron chi connectivity index (χ3n) is 7.46. The monoisotopic (exact) mass is 551 g/mol. The van der Waals surface area contributed by atoms with E-state index in [4.69, 9.17) is 28.2 Å². The lowest BCUT2D eigenvalue weighted by Crippen LogP contribution is -2.30. The predicted molar refractivity (Wildman–Crippen MR) is 138 cm³/mol. The van der Waals surface area contributed by atoms with Gasteiger partial charge in [-0.15, -0.1) is 5.10 Å². The first-order chi connectivity index (χ1) is 18.3. The molecule has 2 aromatic heterocycles. The van der Waals surface area contributed by atoms with Crippen LogP contribution >= 0.6 is 23.2 Å². The molecule has 2 aliphatic heterocycles. The highest BCUT2D eigenvalue weighted by atomic mass is 35.5. The maximum atomic E-state index is 15.1. The molecule has 4 aromatic rings. The smallest absolute Gasteiger partial charge is 0.254 e. The van der Waals surface area contributed by atoms with Crippen LogP contribution < -0.4 is 5.56 Å². The summed E-state index contributed by atoms with van der Waals surface area (Å²) in [4.78, 5) is 22.5. The molecule has 0 radical (unpaired) electrons. The number of aliphatic imine (C=N–C) groups is 1. The SMILES string of the molecule is Cc1ccc(C2=C(F)N=C(C3C4CC4c4nc(-c5cc(Cl)ccc5-n5cnnn5)cc(=O)n43)C2)c(F)c1Cl. The van der Waals surface area contributed by atoms with Gasteiger partial charge < -0.3 is 0 Å². The Morgan fingerprint density at radius 2 is 1.92 bits per heavy atom. The number of nitrogens with zero attached hydrogens (tertiary/aromatic N) is 7. The second kappa shape index (κ2) is 8.37. The van der Waals surface area contributed by atoms with E-state index < -0.39 is 17.8 Å². The number of benzene rings is 2. The van der Waals surface area contributed by atoms with Crippen LogP contribution in [0.2, 0.25) is 10.0 Å². The normalized spacial score (nSPS) is 21.5. The number of fused-ring (bicyclic) bond motifs is 3. The Morgan fingerprint density at radius 1 is 1.08 bits per heavy atom. The molecule has 0 spiro atoms. The van der Waals surface area contributed by atoms with Crippen LogP contribution in [0.15, 0.2) is 58.5 Å². The van der Waals surface area contributed by atoms with E-state index in [1.54, 1.807) is 35.8 Å². The molecule has 0 amide bonds. The fraction of sp³-hybridized carbons (Fsp3) is 0.231. The molecule has 1 fully saturated rings. The van der Waals surface area contributed by atoms with Crippen LogP contribution in [0, 0.1) is 18.7 Å². The van der Waals surface area contributed by atoms with Gasteiger partial charge in [-0.25, -0.2) is 14.4 Å². The highest BCUT2D eigenvalue weighted by Gasteiger charge is 2.56. The van der Waals surface area contributed by atoms with Crippen LogP contribution in [0.4, 0.5) is 8.78 Å². The number of rotatable bonds is 4. The molecule has 12 heteroatoms. The first-order valence-electron chi connectivity index (χ1n) is 11.9. The highest BCUT2D eigenvalue weighted by molar-refractivity contribution is 6.31. The molecule has 7 rings (SSSR count). The Bertz CT molecular complexity index is 1780. The van der Waals surface area contributed by atoms with Gasteiger partial charge in [0.05, 0.1) is 22.4 Å². The van der Waals surface area contributed by atoms with Crippen molar-refractivity contribution in [2.45, 2.75) is 31.7 Å². The number of hydrogen-bond acceptors (Lipinski definition) is 6. The topological polar surface area (TPSA) is 90.8 Å². The van der Waals surface area contributed by atoms with Gasteiger partial charge in [-0.2, -0.15) is 9.07 Å².